The molecule has 0 aliphatic carbocycles. The molecule has 0 aliphatic rings. The largest absolute Gasteiger partial charge is 0.478 e. The van der Waals surface area contributed by atoms with Crippen LogP contribution in [0.4, 0.5) is 10.1 Å². The highest BCUT2D eigenvalue weighted by atomic mass is 19.1. The molecule has 0 unspecified atom stereocenters. The zero-order valence-electron chi connectivity index (χ0n) is 21.9. The number of hydrogen-bond donors (Lipinski definition) is 1. The lowest BCUT2D eigenvalue weighted by atomic mass is 9.97. The van der Waals surface area contributed by atoms with Gasteiger partial charge in [0.2, 0.25) is 0 Å². The summed E-state index contributed by atoms with van der Waals surface area (Å²) >= 11 is 0. The van der Waals surface area contributed by atoms with Gasteiger partial charge in [0.1, 0.15) is 22.7 Å². The van der Waals surface area contributed by atoms with Gasteiger partial charge in [-0.2, -0.15) is 5.10 Å². The van der Waals surface area contributed by atoms with E-state index >= 15 is 0 Å². The van der Waals surface area contributed by atoms with Crippen LogP contribution in [-0.4, -0.2) is 27.4 Å². The number of fused-ring (bicyclic) bond motifs is 2. The maximum atomic E-state index is 14.6. The lowest BCUT2D eigenvalue weighted by molar-refractivity contribution is 0.0692. The highest BCUT2D eigenvalue weighted by molar-refractivity contribution is 5.95. The van der Waals surface area contributed by atoms with Gasteiger partial charge in [-0.15, -0.1) is 0 Å². The van der Waals surface area contributed by atoms with Crippen LogP contribution in [0, 0.1) is 19.7 Å². The van der Waals surface area contributed by atoms with Crippen molar-refractivity contribution in [2.75, 3.05) is 11.4 Å². The third-order valence-corrected chi connectivity index (χ3v) is 7.05. The van der Waals surface area contributed by atoms with Gasteiger partial charge in [-0.1, -0.05) is 12.1 Å². The zero-order chi connectivity index (χ0) is 27.3. The summed E-state index contributed by atoms with van der Waals surface area (Å²) in [5.74, 6) is -1.68. The fourth-order valence-electron chi connectivity index (χ4n) is 5.23. The summed E-state index contributed by atoms with van der Waals surface area (Å²) in [5, 5.41) is 15.5. The van der Waals surface area contributed by atoms with Gasteiger partial charge in [-0.3, -0.25) is 9.48 Å². The van der Waals surface area contributed by atoms with E-state index in [9.17, 15) is 19.1 Å². The Morgan fingerprint density at radius 1 is 1.18 bits per heavy atom. The molecule has 1 atom stereocenters. The first-order valence-electron chi connectivity index (χ1n) is 12.4. The lowest BCUT2D eigenvalue weighted by Gasteiger charge is -2.32. The number of benzene rings is 3. The van der Waals surface area contributed by atoms with E-state index in [0.717, 1.165) is 28.1 Å². The van der Waals surface area contributed by atoms with Gasteiger partial charge in [-0.25, -0.2) is 9.18 Å². The van der Waals surface area contributed by atoms with E-state index in [1.165, 1.54) is 6.07 Å². The molecule has 2 aromatic heterocycles. The van der Waals surface area contributed by atoms with Crippen molar-refractivity contribution in [1.29, 1.82) is 0 Å². The molecule has 5 aromatic rings. The number of rotatable bonds is 6. The fourth-order valence-corrected chi connectivity index (χ4v) is 5.23. The molecular formula is C30H28FN3O4. The molecule has 38 heavy (non-hydrogen) atoms. The van der Waals surface area contributed by atoms with Crippen molar-refractivity contribution >= 4 is 33.5 Å². The van der Waals surface area contributed by atoms with E-state index in [2.05, 4.69) is 5.10 Å². The number of carbonyl (C=O) groups is 1. The standard InChI is InChI=1S/C30H28FN3O4/c1-6-34(25-9-7-8-23(31)26(25)30(36)37)18(4)21-12-16(2)13-22-27(35)17(3)28(38-29(21)22)19-10-11-24-20(14-19)15-33(5)32-24/h7-15,18H,6H2,1-5H3,(H,36,37)/t18-/m1/s1. The van der Waals surface area contributed by atoms with Gasteiger partial charge in [0, 0.05) is 41.9 Å². The van der Waals surface area contributed by atoms with Gasteiger partial charge >= 0.3 is 5.97 Å². The molecule has 7 nitrogen and oxygen atoms in total. The van der Waals surface area contributed by atoms with Crippen molar-refractivity contribution in [3.63, 3.8) is 0 Å². The first kappa shape index (κ1) is 25.2. The highest BCUT2D eigenvalue weighted by Crippen LogP contribution is 2.36. The molecule has 1 N–H and O–H groups in total. The molecule has 194 valence electrons. The smallest absolute Gasteiger partial charge is 0.340 e. The average Bonchev–Trinajstić information content (AvgIpc) is 3.25. The van der Waals surface area contributed by atoms with Gasteiger partial charge in [0.15, 0.2) is 5.43 Å². The van der Waals surface area contributed by atoms with Crippen LogP contribution in [-0.2, 0) is 7.05 Å². The number of aromatic carboxylic acids is 1. The number of carboxylic acid groups (broad SMARTS) is 1. The molecule has 0 spiro atoms. The Morgan fingerprint density at radius 2 is 1.95 bits per heavy atom. The van der Waals surface area contributed by atoms with E-state index < -0.39 is 17.8 Å². The van der Waals surface area contributed by atoms with Crippen LogP contribution >= 0.6 is 0 Å². The number of carboxylic acids is 1. The van der Waals surface area contributed by atoms with Crippen molar-refractivity contribution in [3.8, 4) is 11.3 Å². The number of halogens is 1. The van der Waals surface area contributed by atoms with E-state index in [1.54, 1.807) is 23.7 Å². The van der Waals surface area contributed by atoms with Crippen LogP contribution in [0.15, 0.2) is 63.9 Å². The maximum Gasteiger partial charge on any atom is 0.340 e. The average molecular weight is 514 g/mol. The predicted octanol–water partition coefficient (Wildman–Crippen LogP) is 6.39. The number of hydrogen-bond acceptors (Lipinski definition) is 5. The predicted molar refractivity (Wildman–Crippen MR) is 146 cm³/mol. The quantitative estimate of drug-likeness (QED) is 0.283. The minimum Gasteiger partial charge on any atom is -0.478 e. The van der Waals surface area contributed by atoms with Crippen molar-refractivity contribution in [2.45, 2.75) is 33.7 Å². The summed E-state index contributed by atoms with van der Waals surface area (Å²) in [6.45, 7) is 7.83. The second kappa shape index (κ2) is 9.45. The van der Waals surface area contributed by atoms with Crippen molar-refractivity contribution in [1.82, 2.24) is 9.78 Å². The van der Waals surface area contributed by atoms with Crippen LogP contribution in [0.5, 0.6) is 0 Å². The summed E-state index contributed by atoms with van der Waals surface area (Å²) in [5.41, 5.74) is 3.83. The Kier molecular flexibility index (Phi) is 6.26. The molecule has 2 heterocycles. The van der Waals surface area contributed by atoms with Crippen LogP contribution in [0.25, 0.3) is 33.2 Å². The Hall–Kier alpha value is -4.46. The van der Waals surface area contributed by atoms with Crippen LogP contribution in [0.3, 0.4) is 0 Å². The number of aryl methyl sites for hydroxylation is 2. The number of anilines is 1. The summed E-state index contributed by atoms with van der Waals surface area (Å²) in [4.78, 5) is 27.3. The van der Waals surface area contributed by atoms with Gasteiger partial charge < -0.3 is 14.4 Å². The van der Waals surface area contributed by atoms with Crippen LogP contribution in [0.1, 0.15) is 46.9 Å². The Morgan fingerprint density at radius 3 is 2.66 bits per heavy atom. The molecule has 8 heteroatoms. The first-order chi connectivity index (χ1) is 18.1. The molecular weight excluding hydrogens is 485 g/mol. The minimum atomic E-state index is -1.34. The maximum absolute atomic E-state index is 14.6. The molecule has 0 saturated heterocycles. The molecule has 0 bridgehead atoms. The van der Waals surface area contributed by atoms with E-state index in [0.29, 0.717) is 34.4 Å². The molecule has 0 saturated carbocycles. The Balaban J connectivity index is 1.73. The van der Waals surface area contributed by atoms with Gasteiger partial charge in [0.25, 0.3) is 0 Å². The summed E-state index contributed by atoms with van der Waals surface area (Å²) in [6, 6.07) is 13.3. The lowest BCUT2D eigenvalue weighted by Crippen LogP contribution is -2.29. The second-order valence-electron chi connectivity index (χ2n) is 9.59. The van der Waals surface area contributed by atoms with Crippen molar-refractivity contribution in [3.05, 3.63) is 93.0 Å². The number of aromatic nitrogens is 2. The normalized spacial score (nSPS) is 12.3. The van der Waals surface area contributed by atoms with Crippen molar-refractivity contribution < 1.29 is 18.7 Å². The fraction of sp³-hybridized carbons (Fsp3) is 0.233. The number of nitrogens with zero attached hydrogens (tertiary/aromatic N) is 3. The summed E-state index contributed by atoms with van der Waals surface area (Å²) in [7, 11) is 1.85. The Bertz CT molecular complexity index is 1790. The summed E-state index contributed by atoms with van der Waals surface area (Å²) in [6.07, 6.45) is 1.91. The molecule has 0 fully saturated rings. The topological polar surface area (TPSA) is 88.6 Å². The van der Waals surface area contributed by atoms with Crippen LogP contribution in [0.2, 0.25) is 0 Å². The van der Waals surface area contributed by atoms with Crippen LogP contribution < -0.4 is 10.3 Å². The van der Waals surface area contributed by atoms with E-state index in [1.807, 2.05) is 63.2 Å². The van der Waals surface area contributed by atoms with Crippen molar-refractivity contribution in [2.24, 2.45) is 7.05 Å². The Labute approximate surface area is 218 Å². The SMILES string of the molecule is CCN(c1cccc(F)c1C(=O)O)[C@H](C)c1cc(C)cc2c(=O)c(C)c(-c3ccc4nn(C)cc4c3)oc12. The van der Waals surface area contributed by atoms with Gasteiger partial charge in [-0.05, 0) is 69.7 Å². The second-order valence-corrected chi connectivity index (χ2v) is 9.59. The van der Waals surface area contributed by atoms with E-state index in [4.69, 9.17) is 4.42 Å². The molecule has 5 rings (SSSR count). The summed E-state index contributed by atoms with van der Waals surface area (Å²) < 4.78 is 22.8. The third-order valence-electron chi connectivity index (χ3n) is 7.05. The molecule has 3 aromatic carbocycles. The third kappa shape index (κ3) is 4.12. The van der Waals surface area contributed by atoms with E-state index in [-0.39, 0.29) is 16.7 Å². The minimum absolute atomic E-state index is 0.135. The molecule has 0 radical (unpaired) electrons. The monoisotopic (exact) mass is 513 g/mol. The zero-order valence-corrected chi connectivity index (χ0v) is 21.9. The molecule has 0 aliphatic heterocycles. The highest BCUT2D eigenvalue weighted by Gasteiger charge is 2.26. The first-order valence-corrected chi connectivity index (χ1v) is 12.4. The molecule has 0 amide bonds. The van der Waals surface area contributed by atoms with Gasteiger partial charge in [0.05, 0.1) is 22.6 Å².